The highest BCUT2D eigenvalue weighted by Gasteiger charge is 2.25. The zero-order chi connectivity index (χ0) is 26.3. The summed E-state index contributed by atoms with van der Waals surface area (Å²) in [6, 6.07) is 3.54. The summed E-state index contributed by atoms with van der Waals surface area (Å²) in [5.74, 6) is -2.81. The standard InChI is InChI=1S/C25H25F2N5O3S/c1-5-8-36(34,35)32-21-19(26)7-6-16(20(21)27)22(33)18-13-29-23-17(18)9-14(10-28-23)15-11-30-24(31-12-15)25(2,3)4/h6-7,9-13,32H,5,8H2,1-4H3,(H,28,29). The molecule has 4 aromatic rings. The topological polar surface area (TPSA) is 118 Å². The van der Waals surface area contributed by atoms with Gasteiger partial charge in [0, 0.05) is 52.3 Å². The molecule has 0 aliphatic heterocycles. The molecule has 0 saturated heterocycles. The maximum Gasteiger partial charge on any atom is 0.232 e. The van der Waals surface area contributed by atoms with Crippen LogP contribution in [0, 0.1) is 11.6 Å². The lowest BCUT2D eigenvalue weighted by Gasteiger charge is -2.16. The van der Waals surface area contributed by atoms with E-state index in [9.17, 15) is 17.6 Å². The summed E-state index contributed by atoms with van der Waals surface area (Å²) in [4.78, 5) is 29.3. The quantitative estimate of drug-likeness (QED) is 0.337. The minimum absolute atomic E-state index is 0.0967. The Hall–Kier alpha value is -3.73. The summed E-state index contributed by atoms with van der Waals surface area (Å²) in [5, 5.41) is 0.411. The molecule has 3 aromatic heterocycles. The van der Waals surface area contributed by atoms with Gasteiger partial charge in [0.1, 0.15) is 23.0 Å². The number of ketones is 1. The minimum atomic E-state index is -3.98. The Morgan fingerprint density at radius 2 is 1.69 bits per heavy atom. The number of carbonyl (C=O) groups excluding carboxylic acids is 1. The van der Waals surface area contributed by atoms with E-state index in [2.05, 4.69) is 19.9 Å². The van der Waals surface area contributed by atoms with Crippen LogP contribution >= 0.6 is 0 Å². The number of fused-ring (bicyclic) bond motifs is 1. The summed E-state index contributed by atoms with van der Waals surface area (Å²) in [6.45, 7) is 7.63. The molecule has 1 aromatic carbocycles. The van der Waals surface area contributed by atoms with Crippen molar-refractivity contribution in [2.75, 3.05) is 10.5 Å². The number of hydrogen-bond donors (Lipinski definition) is 2. The van der Waals surface area contributed by atoms with Crippen LogP contribution < -0.4 is 4.72 Å². The largest absolute Gasteiger partial charge is 0.345 e. The van der Waals surface area contributed by atoms with Crippen LogP contribution in [0.5, 0.6) is 0 Å². The molecule has 0 fully saturated rings. The van der Waals surface area contributed by atoms with E-state index >= 15 is 4.39 Å². The van der Waals surface area contributed by atoms with E-state index in [1.54, 1.807) is 31.6 Å². The lowest BCUT2D eigenvalue weighted by atomic mass is 9.95. The predicted molar refractivity (Wildman–Crippen MR) is 133 cm³/mol. The molecule has 2 N–H and O–H groups in total. The smallest absolute Gasteiger partial charge is 0.232 e. The Kier molecular flexibility index (Phi) is 6.61. The summed E-state index contributed by atoms with van der Waals surface area (Å²) >= 11 is 0. The van der Waals surface area contributed by atoms with E-state index in [0.717, 1.165) is 12.1 Å². The average Bonchev–Trinajstić information content (AvgIpc) is 3.24. The molecular formula is C25H25F2N5O3S. The van der Waals surface area contributed by atoms with Crippen LogP contribution in [-0.2, 0) is 15.4 Å². The monoisotopic (exact) mass is 513 g/mol. The van der Waals surface area contributed by atoms with Crippen LogP contribution in [0.25, 0.3) is 22.2 Å². The molecular weight excluding hydrogens is 488 g/mol. The third-order valence-electron chi connectivity index (χ3n) is 5.50. The average molecular weight is 514 g/mol. The van der Waals surface area contributed by atoms with Gasteiger partial charge in [-0.25, -0.2) is 32.2 Å². The van der Waals surface area contributed by atoms with E-state index in [-0.39, 0.29) is 23.2 Å². The molecule has 0 saturated carbocycles. The Morgan fingerprint density at radius 1 is 1.03 bits per heavy atom. The number of nitrogens with one attached hydrogen (secondary N) is 2. The highest BCUT2D eigenvalue weighted by molar-refractivity contribution is 7.92. The zero-order valence-corrected chi connectivity index (χ0v) is 21.0. The minimum Gasteiger partial charge on any atom is -0.345 e. The molecule has 0 bridgehead atoms. The SMILES string of the molecule is CCCS(=O)(=O)Nc1c(F)ccc(C(=O)c2c[nH]c3ncc(-c4cnc(C(C)(C)C)nc4)cc23)c1F. The maximum atomic E-state index is 15.2. The highest BCUT2D eigenvalue weighted by Crippen LogP contribution is 2.29. The Labute approximate surface area is 207 Å². The van der Waals surface area contributed by atoms with Crippen molar-refractivity contribution in [3.05, 3.63) is 71.6 Å². The molecule has 0 atom stereocenters. The number of benzene rings is 1. The number of halogens is 2. The van der Waals surface area contributed by atoms with Gasteiger partial charge in [0.2, 0.25) is 10.0 Å². The molecule has 0 radical (unpaired) electrons. The van der Waals surface area contributed by atoms with Gasteiger partial charge in [-0.15, -0.1) is 0 Å². The Balaban J connectivity index is 1.74. The fourth-order valence-electron chi connectivity index (χ4n) is 3.66. The third kappa shape index (κ3) is 4.97. The van der Waals surface area contributed by atoms with Crippen molar-refractivity contribution < 1.29 is 22.0 Å². The molecule has 4 rings (SSSR count). The van der Waals surface area contributed by atoms with E-state index in [1.165, 1.54) is 6.20 Å². The molecule has 8 nitrogen and oxygen atoms in total. The molecule has 0 aliphatic rings. The first-order valence-electron chi connectivity index (χ1n) is 11.2. The van der Waals surface area contributed by atoms with Gasteiger partial charge in [0.05, 0.1) is 11.3 Å². The number of carbonyl (C=O) groups is 1. The van der Waals surface area contributed by atoms with Crippen LogP contribution in [0.2, 0.25) is 0 Å². The maximum absolute atomic E-state index is 15.2. The second-order valence-corrected chi connectivity index (χ2v) is 11.2. The number of aromatic nitrogens is 4. The Bertz CT molecular complexity index is 1560. The molecule has 3 heterocycles. The van der Waals surface area contributed by atoms with Crippen molar-refractivity contribution in [3.8, 4) is 11.1 Å². The molecule has 36 heavy (non-hydrogen) atoms. The summed E-state index contributed by atoms with van der Waals surface area (Å²) in [5.41, 5.74) is 0.227. The normalized spacial score (nSPS) is 12.2. The summed E-state index contributed by atoms with van der Waals surface area (Å²) in [7, 11) is -3.98. The zero-order valence-electron chi connectivity index (χ0n) is 20.2. The molecule has 0 spiro atoms. The van der Waals surface area contributed by atoms with Crippen LogP contribution in [0.1, 0.15) is 55.9 Å². The second kappa shape index (κ2) is 9.38. The van der Waals surface area contributed by atoms with Gasteiger partial charge in [-0.2, -0.15) is 0 Å². The number of pyridine rings is 1. The molecule has 0 unspecified atom stereocenters. The number of H-pyrrole nitrogens is 1. The molecule has 0 amide bonds. The van der Waals surface area contributed by atoms with Gasteiger partial charge in [-0.05, 0) is 24.6 Å². The van der Waals surface area contributed by atoms with Gasteiger partial charge >= 0.3 is 0 Å². The predicted octanol–water partition coefficient (Wildman–Crippen LogP) is 4.98. The number of anilines is 1. The second-order valence-electron chi connectivity index (χ2n) is 9.40. The lowest BCUT2D eigenvalue weighted by Crippen LogP contribution is -2.19. The lowest BCUT2D eigenvalue weighted by molar-refractivity contribution is 0.103. The number of sulfonamides is 1. The number of rotatable bonds is 7. The molecule has 11 heteroatoms. The molecule has 0 aliphatic carbocycles. The van der Waals surface area contributed by atoms with E-state index in [4.69, 9.17) is 0 Å². The van der Waals surface area contributed by atoms with Gasteiger partial charge < -0.3 is 4.98 Å². The number of aromatic amines is 1. The van der Waals surface area contributed by atoms with Gasteiger partial charge in [-0.3, -0.25) is 9.52 Å². The number of hydrogen-bond acceptors (Lipinski definition) is 6. The van der Waals surface area contributed by atoms with Crippen molar-refractivity contribution in [2.45, 2.75) is 39.5 Å². The van der Waals surface area contributed by atoms with Crippen molar-refractivity contribution in [1.82, 2.24) is 19.9 Å². The van der Waals surface area contributed by atoms with Gasteiger partial charge in [0.25, 0.3) is 0 Å². The van der Waals surface area contributed by atoms with E-state index < -0.39 is 38.7 Å². The Morgan fingerprint density at radius 3 is 2.33 bits per heavy atom. The van der Waals surface area contributed by atoms with Crippen molar-refractivity contribution in [3.63, 3.8) is 0 Å². The summed E-state index contributed by atoms with van der Waals surface area (Å²) < 4.78 is 55.6. The third-order valence-corrected chi connectivity index (χ3v) is 6.96. The van der Waals surface area contributed by atoms with Crippen LogP contribution in [0.4, 0.5) is 14.5 Å². The first-order chi connectivity index (χ1) is 16.9. The van der Waals surface area contributed by atoms with Crippen molar-refractivity contribution in [2.24, 2.45) is 0 Å². The summed E-state index contributed by atoms with van der Waals surface area (Å²) in [6.07, 6.45) is 6.57. The van der Waals surface area contributed by atoms with Gasteiger partial charge in [-0.1, -0.05) is 27.7 Å². The highest BCUT2D eigenvalue weighted by atomic mass is 32.2. The van der Waals surface area contributed by atoms with Crippen molar-refractivity contribution in [1.29, 1.82) is 0 Å². The van der Waals surface area contributed by atoms with Crippen molar-refractivity contribution >= 4 is 32.5 Å². The molecule has 188 valence electrons. The van der Waals surface area contributed by atoms with E-state index in [1.807, 2.05) is 25.5 Å². The van der Waals surface area contributed by atoms with Crippen LogP contribution in [-0.4, -0.2) is 39.9 Å². The first-order valence-corrected chi connectivity index (χ1v) is 12.9. The fourth-order valence-corrected chi connectivity index (χ4v) is 4.79. The fraction of sp³-hybridized carbons (Fsp3) is 0.280. The van der Waals surface area contributed by atoms with E-state index in [0.29, 0.717) is 28.0 Å². The van der Waals surface area contributed by atoms with Crippen LogP contribution in [0.15, 0.2) is 43.0 Å². The van der Waals surface area contributed by atoms with Gasteiger partial charge in [0.15, 0.2) is 11.6 Å². The number of nitrogens with zero attached hydrogens (tertiary/aromatic N) is 3. The van der Waals surface area contributed by atoms with Crippen LogP contribution in [0.3, 0.4) is 0 Å². The first kappa shape index (κ1) is 25.4.